The van der Waals surface area contributed by atoms with Crippen LogP contribution < -0.4 is 5.32 Å². The third kappa shape index (κ3) is 5.88. The van der Waals surface area contributed by atoms with Crippen molar-refractivity contribution < 1.29 is 9.59 Å². The Hall–Kier alpha value is -1.84. The Labute approximate surface area is 133 Å². The number of hydrogen-bond acceptors (Lipinski definition) is 2. The van der Waals surface area contributed by atoms with Crippen LogP contribution in [0.4, 0.5) is 0 Å². The topological polar surface area (TPSA) is 49.4 Å². The van der Waals surface area contributed by atoms with E-state index in [1.165, 1.54) is 5.56 Å². The average Bonchev–Trinajstić information content (AvgIpc) is 2.44. The fraction of sp³-hybridized carbons (Fsp3) is 0.556. The van der Waals surface area contributed by atoms with Crippen LogP contribution in [0.3, 0.4) is 0 Å². The molecule has 0 aliphatic heterocycles. The number of aryl methyl sites for hydroxylation is 2. The van der Waals surface area contributed by atoms with Crippen molar-refractivity contribution in [2.24, 2.45) is 5.92 Å². The highest BCUT2D eigenvalue weighted by Crippen LogP contribution is 2.09. The molecule has 0 bridgehead atoms. The lowest BCUT2D eigenvalue weighted by atomic mass is 10.1. The van der Waals surface area contributed by atoms with Crippen molar-refractivity contribution in [2.45, 2.75) is 41.0 Å². The monoisotopic (exact) mass is 304 g/mol. The molecule has 0 saturated carbocycles. The van der Waals surface area contributed by atoms with Crippen LogP contribution in [0.2, 0.25) is 0 Å². The Kier molecular flexibility index (Phi) is 7.09. The largest absolute Gasteiger partial charge is 0.350 e. The lowest BCUT2D eigenvalue weighted by Crippen LogP contribution is -2.38. The number of nitrogens with zero attached hydrogens (tertiary/aromatic N) is 1. The summed E-state index contributed by atoms with van der Waals surface area (Å²) in [6, 6.07) is 5.68. The number of amides is 2. The second kappa shape index (κ2) is 8.57. The molecule has 0 radical (unpaired) electrons. The van der Waals surface area contributed by atoms with E-state index in [0.717, 1.165) is 18.5 Å². The molecule has 2 amide bonds. The second-order valence-electron chi connectivity index (χ2n) is 6.24. The quantitative estimate of drug-likeness (QED) is 0.842. The molecule has 0 atom stereocenters. The van der Waals surface area contributed by atoms with Crippen LogP contribution in [-0.2, 0) is 4.79 Å². The summed E-state index contributed by atoms with van der Waals surface area (Å²) in [6.07, 6.45) is 0.977. The Balaban J connectivity index is 2.48. The Bertz CT molecular complexity index is 524. The van der Waals surface area contributed by atoms with Gasteiger partial charge in [-0.2, -0.15) is 0 Å². The predicted molar refractivity (Wildman–Crippen MR) is 90.0 cm³/mol. The maximum Gasteiger partial charge on any atom is 0.251 e. The molecule has 1 aromatic carbocycles. The molecule has 122 valence electrons. The zero-order valence-corrected chi connectivity index (χ0v) is 14.4. The molecule has 0 unspecified atom stereocenters. The van der Waals surface area contributed by atoms with Crippen LogP contribution in [0, 0.1) is 19.8 Å². The number of benzene rings is 1. The van der Waals surface area contributed by atoms with Crippen LogP contribution in [-0.4, -0.2) is 36.3 Å². The fourth-order valence-corrected chi connectivity index (χ4v) is 2.13. The van der Waals surface area contributed by atoms with Gasteiger partial charge in [0.25, 0.3) is 5.91 Å². The van der Waals surface area contributed by atoms with Crippen LogP contribution in [0.1, 0.15) is 48.7 Å². The van der Waals surface area contributed by atoms with Gasteiger partial charge in [0.05, 0.1) is 0 Å². The smallest absolute Gasteiger partial charge is 0.251 e. The van der Waals surface area contributed by atoms with Gasteiger partial charge in [0.1, 0.15) is 0 Å². The lowest BCUT2D eigenvalue weighted by Gasteiger charge is -2.22. The summed E-state index contributed by atoms with van der Waals surface area (Å²) in [5, 5.41) is 2.89. The highest BCUT2D eigenvalue weighted by atomic mass is 16.2. The molecular formula is C18H28N2O2. The first-order valence-electron chi connectivity index (χ1n) is 7.92. The van der Waals surface area contributed by atoms with E-state index in [2.05, 4.69) is 19.2 Å². The minimum absolute atomic E-state index is 0.0566. The summed E-state index contributed by atoms with van der Waals surface area (Å²) in [5.41, 5.74) is 2.95. The molecule has 0 spiro atoms. The molecule has 1 rings (SSSR count). The van der Waals surface area contributed by atoms with E-state index in [1.807, 2.05) is 32.0 Å². The van der Waals surface area contributed by atoms with E-state index in [9.17, 15) is 9.59 Å². The van der Waals surface area contributed by atoms with E-state index in [4.69, 9.17) is 0 Å². The maximum atomic E-state index is 12.1. The van der Waals surface area contributed by atoms with Crippen LogP contribution in [0.25, 0.3) is 0 Å². The Morgan fingerprint density at radius 2 is 1.82 bits per heavy atom. The molecular weight excluding hydrogens is 276 g/mol. The highest BCUT2D eigenvalue weighted by molar-refractivity contribution is 5.94. The summed E-state index contributed by atoms with van der Waals surface area (Å²) >= 11 is 0. The number of rotatable bonds is 7. The fourth-order valence-electron chi connectivity index (χ4n) is 2.13. The van der Waals surface area contributed by atoms with Gasteiger partial charge in [0.2, 0.25) is 5.91 Å². The summed E-state index contributed by atoms with van der Waals surface area (Å²) in [6.45, 7) is 11.6. The molecule has 4 heteroatoms. The zero-order valence-electron chi connectivity index (χ0n) is 14.4. The minimum atomic E-state index is -0.0875. The van der Waals surface area contributed by atoms with E-state index in [-0.39, 0.29) is 11.8 Å². The molecule has 0 fully saturated rings. The summed E-state index contributed by atoms with van der Waals surface area (Å²) in [4.78, 5) is 25.5. The van der Waals surface area contributed by atoms with Gasteiger partial charge in [0.15, 0.2) is 0 Å². The molecule has 4 nitrogen and oxygen atoms in total. The van der Waals surface area contributed by atoms with Gasteiger partial charge in [-0.05, 0) is 49.4 Å². The van der Waals surface area contributed by atoms with Gasteiger partial charge in [-0.15, -0.1) is 0 Å². The van der Waals surface area contributed by atoms with E-state index in [0.29, 0.717) is 24.6 Å². The third-order valence-electron chi connectivity index (χ3n) is 3.86. The van der Waals surface area contributed by atoms with Gasteiger partial charge in [0, 0.05) is 32.1 Å². The maximum absolute atomic E-state index is 12.1. The molecule has 22 heavy (non-hydrogen) atoms. The van der Waals surface area contributed by atoms with Gasteiger partial charge in [-0.1, -0.05) is 19.9 Å². The number of nitrogens with one attached hydrogen (secondary N) is 1. The molecule has 0 aliphatic carbocycles. The molecule has 0 aromatic heterocycles. The first-order valence-corrected chi connectivity index (χ1v) is 7.92. The zero-order chi connectivity index (χ0) is 16.7. The number of carbonyl (C=O) groups is 2. The summed E-state index contributed by atoms with van der Waals surface area (Å²) in [5.74, 6) is 0.531. The van der Waals surface area contributed by atoms with Crippen molar-refractivity contribution in [3.63, 3.8) is 0 Å². The van der Waals surface area contributed by atoms with Gasteiger partial charge < -0.3 is 10.2 Å². The normalized spacial score (nSPS) is 10.6. The van der Waals surface area contributed by atoms with E-state index in [1.54, 1.807) is 11.8 Å². The van der Waals surface area contributed by atoms with Crippen LogP contribution in [0.15, 0.2) is 18.2 Å². The first kappa shape index (κ1) is 18.2. The molecule has 0 aliphatic rings. The molecule has 1 N–H and O–H groups in total. The standard InChI is InChI=1S/C18H28N2O2/c1-13(2)8-10-20(16(5)21)11-9-19-18(22)17-7-6-14(3)15(4)12-17/h6-7,12-13H,8-11H2,1-5H3,(H,19,22). The van der Waals surface area contributed by atoms with Gasteiger partial charge in [-0.3, -0.25) is 9.59 Å². The number of carbonyl (C=O) groups excluding carboxylic acids is 2. The summed E-state index contributed by atoms with van der Waals surface area (Å²) < 4.78 is 0. The SMILES string of the molecule is CC(=O)N(CCNC(=O)c1ccc(C)c(C)c1)CCC(C)C. The van der Waals surface area contributed by atoms with Gasteiger partial charge >= 0.3 is 0 Å². The minimum Gasteiger partial charge on any atom is -0.350 e. The highest BCUT2D eigenvalue weighted by Gasteiger charge is 2.11. The summed E-state index contributed by atoms with van der Waals surface area (Å²) in [7, 11) is 0. The van der Waals surface area contributed by atoms with Crippen molar-refractivity contribution in [3.05, 3.63) is 34.9 Å². The van der Waals surface area contributed by atoms with Crippen LogP contribution >= 0.6 is 0 Å². The third-order valence-corrected chi connectivity index (χ3v) is 3.86. The van der Waals surface area contributed by atoms with Crippen molar-refractivity contribution in [3.8, 4) is 0 Å². The van der Waals surface area contributed by atoms with Crippen molar-refractivity contribution >= 4 is 11.8 Å². The van der Waals surface area contributed by atoms with E-state index >= 15 is 0 Å². The second-order valence-corrected chi connectivity index (χ2v) is 6.24. The van der Waals surface area contributed by atoms with Crippen molar-refractivity contribution in [1.82, 2.24) is 10.2 Å². The first-order chi connectivity index (χ1) is 10.3. The van der Waals surface area contributed by atoms with Crippen molar-refractivity contribution in [1.29, 1.82) is 0 Å². The van der Waals surface area contributed by atoms with Crippen molar-refractivity contribution in [2.75, 3.05) is 19.6 Å². The Morgan fingerprint density at radius 3 is 2.36 bits per heavy atom. The molecule has 1 aromatic rings. The number of hydrogen-bond donors (Lipinski definition) is 1. The molecule has 0 saturated heterocycles. The average molecular weight is 304 g/mol. The molecule has 0 heterocycles. The predicted octanol–water partition coefficient (Wildman–Crippen LogP) is 2.93. The van der Waals surface area contributed by atoms with Crippen LogP contribution in [0.5, 0.6) is 0 Å². The van der Waals surface area contributed by atoms with Gasteiger partial charge in [-0.25, -0.2) is 0 Å². The van der Waals surface area contributed by atoms with E-state index < -0.39 is 0 Å². The lowest BCUT2D eigenvalue weighted by molar-refractivity contribution is -0.128. The Morgan fingerprint density at radius 1 is 1.14 bits per heavy atom.